The van der Waals surface area contributed by atoms with Gasteiger partial charge in [0.05, 0.1) is 0 Å². The van der Waals surface area contributed by atoms with Crippen LogP contribution in [-0.2, 0) is 0 Å². The van der Waals surface area contributed by atoms with Gasteiger partial charge in [-0.05, 0) is 0 Å². The van der Waals surface area contributed by atoms with Crippen LogP contribution in [0.2, 0.25) is 0 Å². The maximum absolute atomic E-state index is 2.00. The molecule has 0 bridgehead atoms. The van der Waals surface area contributed by atoms with Crippen molar-refractivity contribution >= 4 is 13.5 Å². The second-order valence-electron chi connectivity index (χ2n) is 2.31. The number of benzene rings is 2. The van der Waals surface area contributed by atoms with Gasteiger partial charge in [0.15, 0.2) is 0 Å². The third kappa shape index (κ3) is 7.16. The predicted molar refractivity (Wildman–Crippen MR) is 63.3 cm³/mol. The van der Waals surface area contributed by atoms with Crippen molar-refractivity contribution < 1.29 is 0 Å². The molecule has 0 aliphatic heterocycles. The Kier molecular flexibility index (Phi) is 8.06. The lowest BCUT2D eigenvalue weighted by Crippen LogP contribution is -1.47. The first-order valence-corrected chi connectivity index (χ1v) is 4.00. The van der Waals surface area contributed by atoms with Crippen molar-refractivity contribution in [2.75, 3.05) is 0 Å². The van der Waals surface area contributed by atoms with Crippen LogP contribution in [0.1, 0.15) is 0 Å². The highest BCUT2D eigenvalue weighted by Gasteiger charge is 1.58. The quantitative estimate of drug-likeness (QED) is 0.596. The molecule has 68 valence electrons. The summed E-state index contributed by atoms with van der Waals surface area (Å²) in [5.74, 6) is 0. The Balaban J connectivity index is 0.000000206. The van der Waals surface area contributed by atoms with Gasteiger partial charge in [-0.2, -0.15) is 13.5 Å². The molecule has 0 fully saturated rings. The largest absolute Gasteiger partial charge is 0.197 e. The summed E-state index contributed by atoms with van der Waals surface area (Å²) in [5.41, 5.74) is 0. The fraction of sp³-hybridized carbons (Fsp3) is 0. The molecule has 0 saturated carbocycles. The van der Waals surface area contributed by atoms with Gasteiger partial charge < -0.3 is 0 Å². The van der Waals surface area contributed by atoms with Crippen LogP contribution in [0, 0.1) is 0 Å². The Morgan fingerprint density at radius 2 is 0.308 bits per heavy atom. The van der Waals surface area contributed by atoms with Crippen LogP contribution in [0.4, 0.5) is 0 Å². The van der Waals surface area contributed by atoms with E-state index in [0.29, 0.717) is 0 Å². The molecule has 0 aliphatic carbocycles. The van der Waals surface area contributed by atoms with Gasteiger partial charge in [-0.25, -0.2) is 0 Å². The summed E-state index contributed by atoms with van der Waals surface area (Å²) < 4.78 is 0. The molecule has 0 N–H and O–H groups in total. The summed E-state index contributed by atoms with van der Waals surface area (Å²) >= 11 is 0. The summed E-state index contributed by atoms with van der Waals surface area (Å²) in [6.45, 7) is 0. The zero-order valence-electron chi connectivity index (χ0n) is 7.43. The first-order valence-electron chi connectivity index (χ1n) is 4.00. The molecule has 2 aromatic carbocycles. The highest BCUT2D eigenvalue weighted by atomic mass is 32.1. The molecule has 2 aromatic rings. The molecular formula is C12H14S. The second kappa shape index (κ2) is 8.88. The van der Waals surface area contributed by atoms with Crippen molar-refractivity contribution in [3.05, 3.63) is 72.8 Å². The number of rotatable bonds is 0. The summed E-state index contributed by atoms with van der Waals surface area (Å²) in [7, 11) is 0. The smallest absolute Gasteiger partial charge is 0.0623 e. The summed E-state index contributed by atoms with van der Waals surface area (Å²) in [5, 5.41) is 0. The van der Waals surface area contributed by atoms with Gasteiger partial charge in [0.1, 0.15) is 0 Å². The van der Waals surface area contributed by atoms with Crippen LogP contribution in [0.15, 0.2) is 72.8 Å². The Labute approximate surface area is 86.7 Å². The Bertz CT molecular complexity index is 181. The molecule has 1 heteroatoms. The Hall–Kier alpha value is -1.21. The van der Waals surface area contributed by atoms with E-state index in [0.717, 1.165) is 0 Å². The van der Waals surface area contributed by atoms with Crippen LogP contribution < -0.4 is 0 Å². The molecule has 2 rings (SSSR count). The van der Waals surface area contributed by atoms with Gasteiger partial charge in [-0.1, -0.05) is 72.8 Å². The Morgan fingerprint density at radius 1 is 0.231 bits per heavy atom. The fourth-order valence-corrected chi connectivity index (χ4v) is 0.770. The van der Waals surface area contributed by atoms with Crippen LogP contribution in [0.5, 0.6) is 0 Å². The van der Waals surface area contributed by atoms with Crippen molar-refractivity contribution in [1.29, 1.82) is 0 Å². The van der Waals surface area contributed by atoms with Crippen LogP contribution in [0.3, 0.4) is 0 Å². The minimum atomic E-state index is 0. The molecular weight excluding hydrogens is 176 g/mol. The monoisotopic (exact) mass is 190 g/mol. The average Bonchev–Trinajstić information content (AvgIpc) is 2.24. The molecule has 0 radical (unpaired) electrons. The van der Waals surface area contributed by atoms with Gasteiger partial charge >= 0.3 is 0 Å². The van der Waals surface area contributed by atoms with E-state index in [1.165, 1.54) is 0 Å². The van der Waals surface area contributed by atoms with E-state index in [1.54, 1.807) is 0 Å². The molecule has 0 aliphatic rings. The lowest BCUT2D eigenvalue weighted by Gasteiger charge is -1.69. The molecule has 0 nitrogen and oxygen atoms in total. The van der Waals surface area contributed by atoms with Crippen molar-refractivity contribution in [2.45, 2.75) is 0 Å². The van der Waals surface area contributed by atoms with E-state index in [-0.39, 0.29) is 13.5 Å². The predicted octanol–water partition coefficient (Wildman–Crippen LogP) is 3.49. The fourth-order valence-electron chi connectivity index (χ4n) is 0.770. The minimum Gasteiger partial charge on any atom is -0.197 e. The van der Waals surface area contributed by atoms with Crippen LogP contribution in [-0.4, -0.2) is 0 Å². The standard InChI is InChI=1S/2C6H6.H2S/c2*1-2-4-6-5-3-1;/h2*1-6H;1H2. The summed E-state index contributed by atoms with van der Waals surface area (Å²) in [6.07, 6.45) is 0. The van der Waals surface area contributed by atoms with E-state index in [4.69, 9.17) is 0 Å². The molecule has 0 aromatic heterocycles. The van der Waals surface area contributed by atoms with Crippen molar-refractivity contribution in [3.63, 3.8) is 0 Å². The highest BCUT2D eigenvalue weighted by Crippen LogP contribution is 1.80. The van der Waals surface area contributed by atoms with E-state index < -0.39 is 0 Å². The van der Waals surface area contributed by atoms with Crippen molar-refractivity contribution in [1.82, 2.24) is 0 Å². The third-order valence-electron chi connectivity index (χ3n) is 1.33. The van der Waals surface area contributed by atoms with Crippen LogP contribution >= 0.6 is 13.5 Å². The maximum atomic E-state index is 2.00. The number of hydrogen-bond donors (Lipinski definition) is 0. The van der Waals surface area contributed by atoms with Gasteiger partial charge in [0.2, 0.25) is 0 Å². The zero-order chi connectivity index (χ0) is 8.49. The van der Waals surface area contributed by atoms with Gasteiger partial charge in [-0.15, -0.1) is 0 Å². The van der Waals surface area contributed by atoms with Crippen molar-refractivity contribution in [2.24, 2.45) is 0 Å². The number of hydrogen-bond acceptors (Lipinski definition) is 0. The first-order chi connectivity index (χ1) is 6.00. The van der Waals surface area contributed by atoms with Gasteiger partial charge in [0, 0.05) is 0 Å². The average molecular weight is 190 g/mol. The van der Waals surface area contributed by atoms with E-state index in [1.807, 2.05) is 72.8 Å². The van der Waals surface area contributed by atoms with E-state index >= 15 is 0 Å². The van der Waals surface area contributed by atoms with Crippen LogP contribution in [0.25, 0.3) is 0 Å². The summed E-state index contributed by atoms with van der Waals surface area (Å²) in [4.78, 5) is 0. The molecule has 0 saturated heterocycles. The third-order valence-corrected chi connectivity index (χ3v) is 1.33. The molecule has 13 heavy (non-hydrogen) atoms. The second-order valence-corrected chi connectivity index (χ2v) is 2.31. The maximum Gasteiger partial charge on any atom is -0.0623 e. The van der Waals surface area contributed by atoms with E-state index in [2.05, 4.69) is 0 Å². The van der Waals surface area contributed by atoms with Gasteiger partial charge in [0.25, 0.3) is 0 Å². The Morgan fingerprint density at radius 3 is 0.385 bits per heavy atom. The zero-order valence-corrected chi connectivity index (χ0v) is 8.43. The SMILES string of the molecule is S.c1ccccc1.c1ccccc1. The topological polar surface area (TPSA) is 0 Å². The minimum absolute atomic E-state index is 0. The lowest BCUT2D eigenvalue weighted by atomic mass is 10.4. The van der Waals surface area contributed by atoms with E-state index in [9.17, 15) is 0 Å². The lowest BCUT2D eigenvalue weighted by molar-refractivity contribution is 1.72. The molecule has 0 heterocycles. The normalized spacial score (nSPS) is 7.38. The summed E-state index contributed by atoms with van der Waals surface area (Å²) in [6, 6.07) is 24.0. The highest BCUT2D eigenvalue weighted by molar-refractivity contribution is 7.59. The molecule has 0 amide bonds. The first kappa shape index (κ1) is 11.8. The molecule has 0 unspecified atom stereocenters. The van der Waals surface area contributed by atoms with Crippen molar-refractivity contribution in [3.8, 4) is 0 Å². The van der Waals surface area contributed by atoms with Gasteiger partial charge in [-0.3, -0.25) is 0 Å². The molecule has 0 atom stereocenters. The molecule has 0 spiro atoms.